The molecule has 0 aliphatic heterocycles. The Morgan fingerprint density at radius 3 is 1.62 bits per heavy atom. The minimum atomic E-state index is -3.63. The third-order valence-corrected chi connectivity index (χ3v) is 11.9. The quantitative estimate of drug-likeness (QED) is 0.195. The summed E-state index contributed by atoms with van der Waals surface area (Å²) in [4.78, 5) is 30.5. The van der Waals surface area contributed by atoms with Crippen molar-refractivity contribution in [3.05, 3.63) is 89.3 Å². The number of aromatic nitrogens is 1. The third kappa shape index (κ3) is 7.65. The lowest BCUT2D eigenvalue weighted by Crippen LogP contribution is -2.30. The number of hydrogen-bond acceptors (Lipinski definition) is 8. The van der Waals surface area contributed by atoms with Gasteiger partial charge < -0.3 is 5.32 Å². The second-order valence-corrected chi connectivity index (χ2v) is 14.5. The maximum absolute atomic E-state index is 12.9. The van der Waals surface area contributed by atoms with E-state index in [2.05, 4.69) is 15.6 Å². The molecule has 0 unspecified atom stereocenters. The zero-order valence-electron chi connectivity index (χ0n) is 25.3. The Labute approximate surface area is 268 Å². The standard InChI is InChI=1S/C31H35N5O6S3/c1-5-35(6-2)44(39,40)26-16-12-22(13-17-26)29(37)32-25-11-9-10-24(20-25)28-21-43-31(33-28)34-30(38)23-14-18-27(19-15-23)45(41,42)36(7-3)8-4/h9-21H,5-8H2,1-4H3,(H,32,37)(H,33,34,38). The molecule has 0 saturated carbocycles. The zero-order chi connectivity index (χ0) is 32.8. The van der Waals surface area contributed by atoms with Gasteiger partial charge in [-0.2, -0.15) is 8.61 Å². The molecule has 0 saturated heterocycles. The second kappa shape index (κ2) is 14.4. The summed E-state index contributed by atoms with van der Waals surface area (Å²) in [5.74, 6) is -0.833. The predicted octanol–water partition coefficient (Wildman–Crippen LogP) is 5.38. The predicted molar refractivity (Wildman–Crippen MR) is 177 cm³/mol. The molecular formula is C31H35N5O6S3. The summed E-state index contributed by atoms with van der Waals surface area (Å²) < 4.78 is 53.6. The molecule has 14 heteroatoms. The SMILES string of the molecule is CCN(CC)S(=O)(=O)c1ccc(C(=O)Nc2cccc(-c3csc(NC(=O)c4ccc(S(=O)(=O)N(CC)CC)cc4)n3)c2)cc1. The molecule has 238 valence electrons. The number of nitrogens with zero attached hydrogens (tertiary/aromatic N) is 3. The lowest BCUT2D eigenvalue weighted by molar-refractivity contribution is 0.101. The smallest absolute Gasteiger partial charge is 0.257 e. The Bertz CT molecular complexity index is 1870. The number of amides is 2. The molecule has 0 aliphatic rings. The van der Waals surface area contributed by atoms with Gasteiger partial charge in [-0.25, -0.2) is 21.8 Å². The molecular weight excluding hydrogens is 635 g/mol. The maximum Gasteiger partial charge on any atom is 0.257 e. The van der Waals surface area contributed by atoms with Gasteiger partial charge in [0, 0.05) is 53.9 Å². The van der Waals surface area contributed by atoms with Crippen molar-refractivity contribution in [2.24, 2.45) is 0 Å². The average Bonchev–Trinajstić information content (AvgIpc) is 3.50. The molecule has 0 bridgehead atoms. The number of carbonyl (C=O) groups is 2. The number of anilines is 2. The van der Waals surface area contributed by atoms with Crippen LogP contribution in [0.1, 0.15) is 48.4 Å². The Morgan fingerprint density at radius 2 is 1.16 bits per heavy atom. The summed E-state index contributed by atoms with van der Waals surface area (Å²) in [6, 6.07) is 18.6. The highest BCUT2D eigenvalue weighted by Crippen LogP contribution is 2.28. The van der Waals surface area contributed by atoms with Crippen molar-refractivity contribution in [2.45, 2.75) is 37.5 Å². The van der Waals surface area contributed by atoms with Gasteiger partial charge in [0.25, 0.3) is 11.8 Å². The molecule has 1 heterocycles. The fourth-order valence-electron chi connectivity index (χ4n) is 4.57. The van der Waals surface area contributed by atoms with Gasteiger partial charge in [-0.1, -0.05) is 39.8 Å². The number of thiazole rings is 1. The van der Waals surface area contributed by atoms with Crippen LogP contribution in [0.4, 0.5) is 10.8 Å². The van der Waals surface area contributed by atoms with E-state index in [9.17, 15) is 26.4 Å². The van der Waals surface area contributed by atoms with Gasteiger partial charge in [0.05, 0.1) is 15.5 Å². The lowest BCUT2D eigenvalue weighted by atomic mass is 10.1. The largest absolute Gasteiger partial charge is 0.322 e. The molecule has 0 atom stereocenters. The van der Waals surface area contributed by atoms with Crippen LogP contribution >= 0.6 is 11.3 Å². The first-order valence-electron chi connectivity index (χ1n) is 14.3. The van der Waals surface area contributed by atoms with Gasteiger partial charge in [-0.3, -0.25) is 14.9 Å². The van der Waals surface area contributed by atoms with E-state index >= 15 is 0 Å². The van der Waals surface area contributed by atoms with Gasteiger partial charge in [-0.05, 0) is 60.7 Å². The van der Waals surface area contributed by atoms with Gasteiger partial charge in [0.1, 0.15) is 0 Å². The van der Waals surface area contributed by atoms with Crippen LogP contribution in [0.5, 0.6) is 0 Å². The van der Waals surface area contributed by atoms with Crippen LogP contribution < -0.4 is 10.6 Å². The van der Waals surface area contributed by atoms with Crippen LogP contribution in [0, 0.1) is 0 Å². The lowest BCUT2D eigenvalue weighted by Gasteiger charge is -2.18. The van der Waals surface area contributed by atoms with E-state index < -0.39 is 31.9 Å². The Hall–Kier alpha value is -3.95. The normalized spacial score (nSPS) is 12.0. The van der Waals surface area contributed by atoms with Gasteiger partial charge in [0.15, 0.2) is 5.13 Å². The molecule has 3 aromatic carbocycles. The highest BCUT2D eigenvalue weighted by Gasteiger charge is 2.23. The number of nitrogens with one attached hydrogen (secondary N) is 2. The second-order valence-electron chi connectivity index (χ2n) is 9.75. The van der Waals surface area contributed by atoms with E-state index in [1.807, 2.05) is 6.07 Å². The molecule has 2 N–H and O–H groups in total. The van der Waals surface area contributed by atoms with E-state index in [1.165, 1.54) is 68.5 Å². The Kier molecular flexibility index (Phi) is 10.9. The summed E-state index contributed by atoms with van der Waals surface area (Å²) in [5.41, 5.74) is 2.38. The number of sulfonamides is 2. The fourth-order valence-corrected chi connectivity index (χ4v) is 8.21. The molecule has 0 aliphatic carbocycles. The van der Waals surface area contributed by atoms with Crippen molar-refractivity contribution in [3.8, 4) is 11.3 Å². The molecule has 4 aromatic rings. The van der Waals surface area contributed by atoms with E-state index in [4.69, 9.17) is 0 Å². The summed E-state index contributed by atoms with van der Waals surface area (Å²) >= 11 is 1.22. The van der Waals surface area contributed by atoms with Crippen molar-refractivity contribution >= 4 is 54.0 Å². The van der Waals surface area contributed by atoms with Crippen LogP contribution in [0.15, 0.2) is 88.0 Å². The molecule has 4 rings (SSSR count). The number of rotatable bonds is 13. The van der Waals surface area contributed by atoms with E-state index in [-0.39, 0.29) is 15.4 Å². The van der Waals surface area contributed by atoms with Crippen molar-refractivity contribution in [1.29, 1.82) is 0 Å². The van der Waals surface area contributed by atoms with E-state index in [0.717, 1.165) is 0 Å². The van der Waals surface area contributed by atoms with Crippen LogP contribution in [-0.4, -0.2) is 68.4 Å². The topological polar surface area (TPSA) is 146 Å². The minimum absolute atomic E-state index is 0.117. The molecule has 11 nitrogen and oxygen atoms in total. The first kappa shape index (κ1) is 33.9. The highest BCUT2D eigenvalue weighted by molar-refractivity contribution is 7.89. The summed E-state index contributed by atoms with van der Waals surface area (Å²) in [6.45, 7) is 8.47. The average molecular weight is 670 g/mol. The minimum Gasteiger partial charge on any atom is -0.322 e. The Balaban J connectivity index is 1.42. The molecule has 0 spiro atoms. The third-order valence-electron chi connectivity index (χ3n) is 7.06. The van der Waals surface area contributed by atoms with Crippen LogP contribution in [-0.2, 0) is 20.0 Å². The summed E-state index contributed by atoms with van der Waals surface area (Å²) in [5, 5.41) is 7.69. The zero-order valence-corrected chi connectivity index (χ0v) is 27.8. The van der Waals surface area contributed by atoms with Gasteiger partial charge in [0.2, 0.25) is 20.0 Å². The maximum atomic E-state index is 12.9. The molecule has 45 heavy (non-hydrogen) atoms. The van der Waals surface area contributed by atoms with Crippen LogP contribution in [0.25, 0.3) is 11.3 Å². The molecule has 0 fully saturated rings. The van der Waals surface area contributed by atoms with E-state index in [0.29, 0.717) is 53.8 Å². The molecule has 0 radical (unpaired) electrons. The first-order chi connectivity index (χ1) is 21.4. The number of hydrogen-bond donors (Lipinski definition) is 2. The molecule has 1 aromatic heterocycles. The van der Waals surface area contributed by atoms with Crippen LogP contribution in [0.2, 0.25) is 0 Å². The van der Waals surface area contributed by atoms with Crippen molar-refractivity contribution in [3.63, 3.8) is 0 Å². The monoisotopic (exact) mass is 669 g/mol. The van der Waals surface area contributed by atoms with Crippen molar-refractivity contribution in [1.82, 2.24) is 13.6 Å². The van der Waals surface area contributed by atoms with Gasteiger partial charge in [-0.15, -0.1) is 11.3 Å². The highest BCUT2D eigenvalue weighted by atomic mass is 32.2. The van der Waals surface area contributed by atoms with Crippen LogP contribution in [0.3, 0.4) is 0 Å². The first-order valence-corrected chi connectivity index (χ1v) is 18.1. The fraction of sp³-hybridized carbons (Fsp3) is 0.258. The number of benzene rings is 3. The number of carbonyl (C=O) groups excluding carboxylic acids is 2. The van der Waals surface area contributed by atoms with Gasteiger partial charge >= 0.3 is 0 Å². The van der Waals surface area contributed by atoms with Crippen molar-refractivity contribution in [2.75, 3.05) is 36.8 Å². The van der Waals surface area contributed by atoms with E-state index in [1.54, 1.807) is 51.3 Å². The summed E-state index contributed by atoms with van der Waals surface area (Å²) in [7, 11) is -7.25. The Morgan fingerprint density at radius 1 is 0.689 bits per heavy atom. The molecule has 2 amide bonds. The summed E-state index contributed by atoms with van der Waals surface area (Å²) in [6.07, 6.45) is 0. The van der Waals surface area contributed by atoms with Crippen molar-refractivity contribution < 1.29 is 26.4 Å².